The first-order chi connectivity index (χ1) is 11.0. The van der Waals surface area contributed by atoms with Crippen LogP contribution in [0.2, 0.25) is 0 Å². The van der Waals surface area contributed by atoms with Crippen LogP contribution in [0.5, 0.6) is 0 Å². The lowest BCUT2D eigenvalue weighted by Crippen LogP contribution is -2.33. The Morgan fingerprint density at radius 2 is 1.78 bits per heavy atom. The van der Waals surface area contributed by atoms with Crippen LogP contribution in [-0.2, 0) is 4.79 Å². The molecule has 122 valence electrons. The van der Waals surface area contributed by atoms with Gasteiger partial charge in [-0.2, -0.15) is 0 Å². The largest absolute Gasteiger partial charge is 0.322 e. The van der Waals surface area contributed by atoms with Crippen LogP contribution in [0.25, 0.3) is 0 Å². The highest BCUT2D eigenvalue weighted by molar-refractivity contribution is 5.92. The summed E-state index contributed by atoms with van der Waals surface area (Å²) in [5.74, 6) is -1.56. The van der Waals surface area contributed by atoms with Gasteiger partial charge in [0.1, 0.15) is 11.6 Å². The maximum atomic E-state index is 13.5. The molecule has 0 fully saturated rings. The molecule has 0 spiro atoms. The van der Waals surface area contributed by atoms with Crippen molar-refractivity contribution in [2.75, 3.05) is 11.9 Å². The molecule has 0 aliphatic carbocycles. The topological polar surface area (TPSA) is 41.1 Å². The van der Waals surface area contributed by atoms with E-state index in [0.29, 0.717) is 0 Å². The van der Waals surface area contributed by atoms with Crippen LogP contribution in [0.3, 0.4) is 0 Å². The Morgan fingerprint density at radius 1 is 1.09 bits per heavy atom. The average molecular weight is 318 g/mol. The molecule has 1 amide bonds. The maximum Gasteiger partial charge on any atom is 0.238 e. The van der Waals surface area contributed by atoms with Crippen molar-refractivity contribution in [2.45, 2.75) is 19.9 Å². The average Bonchev–Trinajstić information content (AvgIpc) is 2.51. The van der Waals surface area contributed by atoms with Crippen molar-refractivity contribution >= 4 is 11.6 Å². The van der Waals surface area contributed by atoms with Gasteiger partial charge in [-0.05, 0) is 23.6 Å². The Balaban J connectivity index is 1.97. The summed E-state index contributed by atoms with van der Waals surface area (Å²) in [5.41, 5.74) is 1.06. The van der Waals surface area contributed by atoms with E-state index in [1.807, 2.05) is 30.3 Å². The molecular formula is C18H20F2N2O. The van der Waals surface area contributed by atoms with E-state index < -0.39 is 11.6 Å². The first kappa shape index (κ1) is 17.1. The Bertz CT molecular complexity index is 659. The molecule has 2 aromatic carbocycles. The Hall–Kier alpha value is -2.27. The molecular weight excluding hydrogens is 298 g/mol. The zero-order chi connectivity index (χ0) is 16.8. The predicted octanol–water partition coefficient (Wildman–Crippen LogP) is 3.89. The summed E-state index contributed by atoms with van der Waals surface area (Å²) in [6.45, 7) is 4.15. The van der Waals surface area contributed by atoms with Gasteiger partial charge in [-0.25, -0.2) is 8.78 Å². The molecule has 0 radical (unpaired) electrons. The highest BCUT2D eigenvalue weighted by atomic mass is 19.1. The quantitative estimate of drug-likeness (QED) is 0.848. The maximum absolute atomic E-state index is 13.5. The number of amides is 1. The minimum atomic E-state index is -0.790. The van der Waals surface area contributed by atoms with Crippen molar-refractivity contribution in [1.29, 1.82) is 0 Å². The lowest BCUT2D eigenvalue weighted by Gasteiger charge is -2.22. The number of benzene rings is 2. The highest BCUT2D eigenvalue weighted by Gasteiger charge is 2.16. The lowest BCUT2D eigenvalue weighted by molar-refractivity contribution is -0.115. The summed E-state index contributed by atoms with van der Waals surface area (Å²) in [5, 5.41) is 5.62. The van der Waals surface area contributed by atoms with Crippen molar-refractivity contribution in [3.05, 3.63) is 65.7 Å². The van der Waals surface area contributed by atoms with Gasteiger partial charge in [0.15, 0.2) is 0 Å². The molecule has 2 rings (SSSR count). The summed E-state index contributed by atoms with van der Waals surface area (Å²) in [7, 11) is 0. The molecule has 2 N–H and O–H groups in total. The molecule has 0 unspecified atom stereocenters. The van der Waals surface area contributed by atoms with Crippen molar-refractivity contribution in [3.8, 4) is 0 Å². The third-order valence-electron chi connectivity index (χ3n) is 3.51. The lowest BCUT2D eigenvalue weighted by atomic mass is 9.96. The summed E-state index contributed by atoms with van der Waals surface area (Å²) < 4.78 is 26.4. The van der Waals surface area contributed by atoms with E-state index in [-0.39, 0.29) is 30.1 Å². The predicted molar refractivity (Wildman–Crippen MR) is 87.0 cm³/mol. The summed E-state index contributed by atoms with van der Waals surface area (Å²) >= 11 is 0. The van der Waals surface area contributed by atoms with Gasteiger partial charge in [-0.15, -0.1) is 0 Å². The summed E-state index contributed by atoms with van der Waals surface area (Å²) in [6, 6.07) is 12.9. The normalized spacial score (nSPS) is 12.2. The number of nitrogens with one attached hydrogen (secondary N) is 2. The second-order valence-corrected chi connectivity index (χ2v) is 5.69. The molecule has 0 bridgehead atoms. The van der Waals surface area contributed by atoms with E-state index in [1.54, 1.807) is 0 Å². The Labute approximate surface area is 134 Å². The number of anilines is 1. The number of hydrogen-bond acceptors (Lipinski definition) is 2. The zero-order valence-corrected chi connectivity index (χ0v) is 13.1. The second kappa shape index (κ2) is 7.83. The van der Waals surface area contributed by atoms with Crippen LogP contribution in [0.4, 0.5) is 14.5 Å². The highest BCUT2D eigenvalue weighted by Crippen LogP contribution is 2.21. The van der Waals surface area contributed by atoms with E-state index in [2.05, 4.69) is 24.5 Å². The van der Waals surface area contributed by atoms with Gasteiger partial charge >= 0.3 is 0 Å². The van der Waals surface area contributed by atoms with Crippen LogP contribution in [0.15, 0.2) is 48.5 Å². The van der Waals surface area contributed by atoms with Crippen LogP contribution < -0.4 is 10.6 Å². The molecule has 0 aliphatic rings. The molecule has 0 aliphatic heterocycles. The fraction of sp³-hybridized carbons (Fsp3) is 0.278. The van der Waals surface area contributed by atoms with Crippen LogP contribution in [-0.4, -0.2) is 12.5 Å². The van der Waals surface area contributed by atoms with Gasteiger partial charge in [0, 0.05) is 12.1 Å². The Kier molecular flexibility index (Phi) is 5.82. The molecule has 0 saturated heterocycles. The summed E-state index contributed by atoms with van der Waals surface area (Å²) in [6.07, 6.45) is 0. The SMILES string of the molecule is CC(C)[C@H](NCC(=O)Nc1ccc(F)cc1F)c1ccccc1. The third kappa shape index (κ3) is 4.86. The third-order valence-corrected chi connectivity index (χ3v) is 3.51. The number of halogens is 2. The zero-order valence-electron chi connectivity index (χ0n) is 13.1. The van der Waals surface area contributed by atoms with Gasteiger partial charge in [0.2, 0.25) is 5.91 Å². The molecule has 0 heterocycles. The standard InChI is InChI=1S/C18H20F2N2O/c1-12(2)18(13-6-4-3-5-7-13)21-11-17(23)22-16-9-8-14(19)10-15(16)20/h3-10,12,18,21H,11H2,1-2H3,(H,22,23)/t18-/m0/s1. The number of carbonyl (C=O) groups excluding carboxylic acids is 1. The van der Waals surface area contributed by atoms with Gasteiger partial charge in [0.05, 0.1) is 12.2 Å². The minimum absolute atomic E-state index is 0.0139. The number of rotatable bonds is 6. The van der Waals surface area contributed by atoms with Crippen molar-refractivity contribution < 1.29 is 13.6 Å². The first-order valence-corrected chi connectivity index (χ1v) is 7.50. The van der Waals surface area contributed by atoms with Gasteiger partial charge in [-0.3, -0.25) is 4.79 Å². The molecule has 0 aromatic heterocycles. The Morgan fingerprint density at radius 3 is 2.39 bits per heavy atom. The second-order valence-electron chi connectivity index (χ2n) is 5.69. The molecule has 23 heavy (non-hydrogen) atoms. The summed E-state index contributed by atoms with van der Waals surface area (Å²) in [4.78, 5) is 12.0. The number of hydrogen-bond donors (Lipinski definition) is 2. The fourth-order valence-electron chi connectivity index (χ4n) is 2.39. The number of carbonyl (C=O) groups is 1. The van der Waals surface area contributed by atoms with Gasteiger partial charge in [0.25, 0.3) is 0 Å². The van der Waals surface area contributed by atoms with E-state index >= 15 is 0 Å². The molecule has 1 atom stereocenters. The van der Waals surface area contributed by atoms with Gasteiger partial charge in [-0.1, -0.05) is 44.2 Å². The van der Waals surface area contributed by atoms with Crippen LogP contribution in [0, 0.1) is 17.6 Å². The monoisotopic (exact) mass is 318 g/mol. The fourth-order valence-corrected chi connectivity index (χ4v) is 2.39. The molecule has 5 heteroatoms. The molecule has 0 saturated carbocycles. The van der Waals surface area contributed by atoms with Gasteiger partial charge < -0.3 is 10.6 Å². The van der Waals surface area contributed by atoms with E-state index in [4.69, 9.17) is 0 Å². The van der Waals surface area contributed by atoms with Crippen molar-refractivity contribution in [3.63, 3.8) is 0 Å². The van der Waals surface area contributed by atoms with Crippen LogP contribution in [0.1, 0.15) is 25.5 Å². The van der Waals surface area contributed by atoms with Crippen molar-refractivity contribution in [2.24, 2.45) is 5.92 Å². The molecule has 3 nitrogen and oxygen atoms in total. The van der Waals surface area contributed by atoms with Crippen molar-refractivity contribution in [1.82, 2.24) is 5.32 Å². The molecule has 2 aromatic rings. The van der Waals surface area contributed by atoms with E-state index in [1.165, 1.54) is 6.07 Å². The minimum Gasteiger partial charge on any atom is -0.322 e. The van der Waals surface area contributed by atoms with E-state index in [9.17, 15) is 13.6 Å². The smallest absolute Gasteiger partial charge is 0.238 e. The van der Waals surface area contributed by atoms with Crippen LogP contribution >= 0.6 is 0 Å². The van der Waals surface area contributed by atoms with E-state index in [0.717, 1.165) is 17.7 Å². The first-order valence-electron chi connectivity index (χ1n) is 7.50.